The van der Waals surface area contributed by atoms with E-state index in [-0.39, 0.29) is 30.3 Å². The van der Waals surface area contributed by atoms with Gasteiger partial charge in [-0.05, 0) is 89.3 Å². The molecule has 3 aromatic rings. The zero-order valence-electron chi connectivity index (χ0n) is 26.3. The van der Waals surface area contributed by atoms with E-state index in [2.05, 4.69) is 56.9 Å². The molecule has 1 aromatic carbocycles. The molecule has 2 saturated carbocycles. The van der Waals surface area contributed by atoms with Crippen LogP contribution in [-0.4, -0.2) is 79.9 Å². The second-order valence-electron chi connectivity index (χ2n) is 14.4. The second-order valence-corrected chi connectivity index (χ2v) is 14.4. The van der Waals surface area contributed by atoms with Crippen molar-refractivity contribution in [3.63, 3.8) is 0 Å². The van der Waals surface area contributed by atoms with Crippen molar-refractivity contribution in [1.29, 1.82) is 0 Å². The van der Waals surface area contributed by atoms with Gasteiger partial charge in [0.15, 0.2) is 11.6 Å². The number of nitrogens with two attached hydrogens (primary N) is 1. The number of nitrogens with one attached hydrogen (secondary N) is 1. The predicted molar refractivity (Wildman–Crippen MR) is 169 cm³/mol. The number of imidazole rings is 1. The fourth-order valence-electron chi connectivity index (χ4n) is 8.13. The second kappa shape index (κ2) is 10.9. The minimum Gasteiger partial charge on any atom is -0.382 e. The summed E-state index contributed by atoms with van der Waals surface area (Å²) < 4.78 is 19.7. The zero-order chi connectivity index (χ0) is 30.2. The molecule has 8 rings (SSSR count). The summed E-state index contributed by atoms with van der Waals surface area (Å²) in [5.41, 5.74) is 11.3. The van der Waals surface area contributed by atoms with E-state index in [1.165, 1.54) is 55.9 Å². The van der Waals surface area contributed by atoms with Gasteiger partial charge in [-0.2, -0.15) is 0 Å². The number of hydrogen-bond acceptors (Lipinski definition) is 9. The predicted octanol–water partition coefficient (Wildman–Crippen LogP) is 5.41. The SMILES string of the molecule is CC(C)N(C[C@H]1O[C@@H](C2C=Nc3c(N)ncnc32)[C@@H]2OC(C)(C)O[C@@H]21)C1CC(CCc2nc3ccc(C4CCC4)cc3[nH]2)C1. The fraction of sp³-hybridized carbons (Fsp3) is 0.647. The zero-order valence-corrected chi connectivity index (χ0v) is 26.3. The van der Waals surface area contributed by atoms with E-state index >= 15 is 0 Å². The molecule has 0 radical (unpaired) electrons. The maximum absolute atomic E-state index is 6.80. The Bertz CT molecular complexity index is 1560. The third-order valence-electron chi connectivity index (χ3n) is 10.8. The summed E-state index contributed by atoms with van der Waals surface area (Å²) in [7, 11) is 0. The molecule has 3 N–H and O–H groups in total. The summed E-state index contributed by atoms with van der Waals surface area (Å²) in [6.45, 7) is 9.37. The molecule has 2 aromatic heterocycles. The van der Waals surface area contributed by atoms with Gasteiger partial charge in [-0.25, -0.2) is 15.0 Å². The molecular weight excluding hydrogens is 554 g/mol. The number of aromatic amines is 1. The van der Waals surface area contributed by atoms with Crippen LogP contribution < -0.4 is 5.73 Å². The largest absolute Gasteiger partial charge is 0.382 e. The van der Waals surface area contributed by atoms with Crippen LogP contribution in [0.3, 0.4) is 0 Å². The van der Waals surface area contributed by atoms with E-state index in [0.717, 1.165) is 35.9 Å². The summed E-state index contributed by atoms with van der Waals surface area (Å²) >= 11 is 0. The lowest BCUT2D eigenvalue weighted by Gasteiger charge is -2.46. The minimum atomic E-state index is -0.668. The Kier molecular flexibility index (Phi) is 7.05. The summed E-state index contributed by atoms with van der Waals surface area (Å²) in [6.07, 6.45) is 11.3. The molecule has 10 nitrogen and oxygen atoms in total. The van der Waals surface area contributed by atoms with Gasteiger partial charge in [-0.3, -0.25) is 9.89 Å². The standard InChI is InChI=1S/C34H45N7O3/c1-18(2)41(22-12-19(13-22)8-11-27-39-24-10-9-21(14-25(24)40-27)20-6-5-7-20)16-26-31-32(44-34(3,4)43-31)30(42-26)23-15-36-29-28(23)37-17-38-33(29)35/h9-10,14-15,17-20,22-23,26,30-32H,5-8,11-13,16H2,1-4H3,(H,39,40)(H2,35,37,38)/t19?,22?,23?,26-,30+,31-,32+/m1/s1. The van der Waals surface area contributed by atoms with Crippen LogP contribution in [-0.2, 0) is 20.6 Å². The van der Waals surface area contributed by atoms with Crippen molar-refractivity contribution in [2.45, 2.75) is 127 Å². The third-order valence-corrected chi connectivity index (χ3v) is 10.8. The van der Waals surface area contributed by atoms with Crippen LogP contribution in [0.4, 0.5) is 11.5 Å². The van der Waals surface area contributed by atoms with Crippen molar-refractivity contribution in [2.75, 3.05) is 12.3 Å². The Balaban J connectivity index is 0.906. The molecule has 4 fully saturated rings. The molecule has 44 heavy (non-hydrogen) atoms. The Labute approximate surface area is 259 Å². The normalized spacial score (nSPS) is 32.4. The van der Waals surface area contributed by atoms with Gasteiger partial charge in [-0.1, -0.05) is 12.5 Å². The first-order valence-electron chi connectivity index (χ1n) is 16.6. The summed E-state index contributed by atoms with van der Waals surface area (Å²) in [5.74, 6) is 2.16. The molecule has 2 saturated heterocycles. The minimum absolute atomic E-state index is 0.106. The number of anilines is 1. The number of aliphatic imine (C=N–C) groups is 1. The first-order chi connectivity index (χ1) is 21.2. The molecule has 10 heteroatoms. The van der Waals surface area contributed by atoms with Gasteiger partial charge < -0.3 is 24.9 Å². The van der Waals surface area contributed by atoms with E-state index in [1.54, 1.807) is 0 Å². The van der Waals surface area contributed by atoms with Crippen molar-refractivity contribution in [2.24, 2.45) is 10.9 Å². The summed E-state index contributed by atoms with van der Waals surface area (Å²) in [4.78, 5) is 24.3. The molecular formula is C34H45N7O3. The van der Waals surface area contributed by atoms with Crippen molar-refractivity contribution >= 4 is 28.8 Å². The van der Waals surface area contributed by atoms with Crippen molar-refractivity contribution in [3.8, 4) is 0 Å². The maximum Gasteiger partial charge on any atom is 0.164 e. The van der Waals surface area contributed by atoms with E-state index in [4.69, 9.17) is 24.9 Å². The topological polar surface area (TPSA) is 124 Å². The number of aryl methyl sites for hydroxylation is 1. The van der Waals surface area contributed by atoms with Crippen LogP contribution in [0.15, 0.2) is 29.5 Å². The highest BCUT2D eigenvalue weighted by molar-refractivity contribution is 5.84. The molecule has 3 aliphatic heterocycles. The first kappa shape index (κ1) is 28.5. The van der Waals surface area contributed by atoms with Crippen LogP contribution in [0.1, 0.15) is 95.1 Å². The molecule has 0 amide bonds. The number of ether oxygens (including phenoxy) is 3. The lowest BCUT2D eigenvalue weighted by molar-refractivity contribution is -0.190. The van der Waals surface area contributed by atoms with E-state index in [9.17, 15) is 0 Å². The van der Waals surface area contributed by atoms with Crippen LogP contribution >= 0.6 is 0 Å². The molecule has 0 spiro atoms. The number of benzene rings is 1. The van der Waals surface area contributed by atoms with Gasteiger partial charge in [-0.15, -0.1) is 0 Å². The monoisotopic (exact) mass is 599 g/mol. The molecule has 1 unspecified atom stereocenters. The van der Waals surface area contributed by atoms with E-state index in [1.807, 2.05) is 20.1 Å². The number of fused-ring (bicyclic) bond motifs is 3. The average molecular weight is 600 g/mol. The number of nitrogen functional groups attached to an aromatic ring is 1. The van der Waals surface area contributed by atoms with Gasteiger partial charge in [0.25, 0.3) is 0 Å². The Morgan fingerprint density at radius 3 is 2.68 bits per heavy atom. The number of nitrogens with zero attached hydrogens (tertiary/aromatic N) is 5. The molecule has 234 valence electrons. The highest BCUT2D eigenvalue weighted by Gasteiger charge is 2.58. The molecule has 5 heterocycles. The molecule has 5 atom stereocenters. The third kappa shape index (κ3) is 5.04. The van der Waals surface area contributed by atoms with Gasteiger partial charge in [0, 0.05) is 31.3 Å². The first-order valence-corrected chi connectivity index (χ1v) is 16.6. The van der Waals surface area contributed by atoms with Crippen LogP contribution in [0.2, 0.25) is 0 Å². The van der Waals surface area contributed by atoms with Gasteiger partial charge in [0.2, 0.25) is 0 Å². The van der Waals surface area contributed by atoms with Crippen molar-refractivity contribution in [1.82, 2.24) is 24.8 Å². The number of rotatable bonds is 9. The maximum atomic E-state index is 6.80. The van der Waals surface area contributed by atoms with Crippen LogP contribution in [0, 0.1) is 5.92 Å². The lowest BCUT2D eigenvalue weighted by Crippen LogP contribution is -2.52. The highest BCUT2D eigenvalue weighted by Crippen LogP contribution is 2.47. The Morgan fingerprint density at radius 2 is 1.91 bits per heavy atom. The molecule has 5 aliphatic rings. The summed E-state index contributed by atoms with van der Waals surface area (Å²) in [6, 6.07) is 7.75. The smallest absolute Gasteiger partial charge is 0.164 e. The molecule has 2 aliphatic carbocycles. The van der Waals surface area contributed by atoms with Crippen LogP contribution in [0.5, 0.6) is 0 Å². The Morgan fingerprint density at radius 1 is 1.09 bits per heavy atom. The summed E-state index contributed by atoms with van der Waals surface area (Å²) in [5, 5.41) is 0. The van der Waals surface area contributed by atoms with Gasteiger partial charge in [0.05, 0.1) is 28.7 Å². The van der Waals surface area contributed by atoms with Gasteiger partial charge >= 0.3 is 0 Å². The van der Waals surface area contributed by atoms with E-state index < -0.39 is 5.79 Å². The fourth-order valence-corrected chi connectivity index (χ4v) is 8.13. The van der Waals surface area contributed by atoms with Gasteiger partial charge in [0.1, 0.15) is 36.2 Å². The Hall–Kier alpha value is -2.92. The van der Waals surface area contributed by atoms with E-state index in [0.29, 0.717) is 29.5 Å². The number of aromatic nitrogens is 4. The van der Waals surface area contributed by atoms with Crippen LogP contribution in [0.25, 0.3) is 11.0 Å². The number of H-pyrrole nitrogens is 1. The quantitative estimate of drug-likeness (QED) is 0.335. The highest BCUT2D eigenvalue weighted by atomic mass is 16.8. The number of hydrogen-bond donors (Lipinski definition) is 2. The average Bonchev–Trinajstić information content (AvgIpc) is 3.68. The molecule has 0 bridgehead atoms. The lowest BCUT2D eigenvalue weighted by atomic mass is 9.76. The van der Waals surface area contributed by atoms with Crippen molar-refractivity contribution in [3.05, 3.63) is 41.6 Å². The van der Waals surface area contributed by atoms with Crippen molar-refractivity contribution < 1.29 is 14.2 Å².